The largest absolute Gasteiger partial charge is 0.360 e. The Balaban J connectivity index is 0.000000142. The summed E-state index contributed by atoms with van der Waals surface area (Å²) in [5.41, 5.74) is 36.1. The predicted octanol–water partition coefficient (Wildman–Crippen LogP) is 33.0. The van der Waals surface area contributed by atoms with E-state index in [0.717, 1.165) is 39.5 Å². The van der Waals surface area contributed by atoms with Gasteiger partial charge in [0.2, 0.25) is 0 Å². The maximum Gasteiger partial charge on any atom is 0.123 e. The summed E-state index contributed by atoms with van der Waals surface area (Å²) in [5, 5.41) is 34.8. The van der Waals surface area contributed by atoms with Crippen molar-refractivity contribution in [2.24, 2.45) is 0 Å². The van der Waals surface area contributed by atoms with E-state index in [1.165, 1.54) is 214 Å². The van der Waals surface area contributed by atoms with E-state index in [1.54, 1.807) is 0 Å². The van der Waals surface area contributed by atoms with Crippen molar-refractivity contribution in [1.82, 2.24) is 40.9 Å². The lowest BCUT2D eigenvalue weighted by Crippen LogP contribution is -2.32. The van der Waals surface area contributed by atoms with Crippen LogP contribution < -0.4 is 21.3 Å². The van der Waals surface area contributed by atoms with E-state index in [0.29, 0.717) is 0 Å². The van der Waals surface area contributed by atoms with E-state index in [-0.39, 0.29) is 24.7 Å². The second-order valence-corrected chi connectivity index (χ2v) is 38.8. The molecule has 0 aromatic heterocycles. The van der Waals surface area contributed by atoms with Crippen LogP contribution in [0.15, 0.2) is 535 Å². The van der Waals surface area contributed by atoms with Gasteiger partial charge < -0.3 is 40.9 Å². The fourth-order valence-electron chi connectivity index (χ4n) is 23.5. The molecule has 146 heavy (non-hydrogen) atoms. The minimum absolute atomic E-state index is 0.0790. The van der Waals surface area contributed by atoms with Gasteiger partial charge in [-0.05, 0) is 267 Å². The molecule has 4 atom stereocenters. The Labute approximate surface area is 848 Å². The summed E-state index contributed by atoms with van der Waals surface area (Å²) in [6.45, 7) is 0. The maximum absolute atomic E-state index is 3.76. The third-order valence-corrected chi connectivity index (χ3v) is 30.4. The average molecular weight is 1870 g/mol. The SMILES string of the molecule is C1=CC2NC(c3ccc(-c4c5ccccc5c(-c5ccc(-c6c7ccccc7c(-c7ccc(C8=CN9C=C(c%10ccccc%10)C=CC9N8)cc7)c7ccccc67)cc5)c5ccccc45)cc3)=CN2C=C1c1ccccc1.C1=CC2NC(c3ccc(-c4c5ccccc5c(-c5ccc(-c6c7ccccc7c(-c7ccc(C8=CN9C=CC(c%10ccccc%10)=CC9N8)cc7)c7ccccc67)cc5)c5ccccc45)cc3)=CN2C=C1. The summed E-state index contributed by atoms with van der Waals surface area (Å²) in [5.74, 6) is 0. The number of rotatable bonds is 15. The van der Waals surface area contributed by atoms with Crippen molar-refractivity contribution < 1.29 is 0 Å². The van der Waals surface area contributed by atoms with Crippen molar-refractivity contribution in [2.45, 2.75) is 24.7 Å². The van der Waals surface area contributed by atoms with Gasteiger partial charge in [-0.25, -0.2) is 0 Å². The molecule has 0 aliphatic carbocycles. The van der Waals surface area contributed by atoms with Crippen LogP contribution in [0.5, 0.6) is 0 Å². The van der Waals surface area contributed by atoms with E-state index in [1.807, 2.05) is 0 Å². The van der Waals surface area contributed by atoms with Gasteiger partial charge in [0.25, 0.3) is 0 Å². The fraction of sp³-hybridized carbons (Fsp3) is 0.0290. The van der Waals surface area contributed by atoms with Crippen molar-refractivity contribution >= 4 is 126 Å². The van der Waals surface area contributed by atoms with Crippen LogP contribution in [0.1, 0.15) is 38.9 Å². The Kier molecular flexibility index (Phi) is 20.7. The molecule has 8 aliphatic rings. The Morgan fingerprint density at radius 3 is 0.582 bits per heavy atom. The molecule has 0 spiro atoms. The highest BCUT2D eigenvalue weighted by Gasteiger charge is 2.32. The van der Waals surface area contributed by atoms with Crippen LogP contribution in [-0.2, 0) is 0 Å². The highest BCUT2D eigenvalue weighted by atomic mass is 15.3. The second kappa shape index (κ2) is 35.6. The molecule has 21 aromatic carbocycles. The zero-order valence-electron chi connectivity index (χ0n) is 79.9. The highest BCUT2D eigenvalue weighted by molar-refractivity contribution is 6.26. The first-order chi connectivity index (χ1) is 72.4. The number of benzene rings is 21. The highest BCUT2D eigenvalue weighted by Crippen LogP contribution is 2.52. The Bertz CT molecular complexity index is 8820. The Morgan fingerprint density at radius 1 is 0.144 bits per heavy atom. The number of nitrogens with zero attached hydrogens (tertiary/aromatic N) is 4. The molecule has 0 saturated heterocycles. The summed E-state index contributed by atoms with van der Waals surface area (Å²) >= 11 is 0. The van der Waals surface area contributed by atoms with Crippen LogP contribution in [0.4, 0.5) is 0 Å². The zero-order chi connectivity index (χ0) is 96.2. The van der Waals surface area contributed by atoms with Gasteiger partial charge >= 0.3 is 0 Å². The molecule has 4 unspecified atom stereocenters. The van der Waals surface area contributed by atoms with Crippen LogP contribution in [-0.4, -0.2) is 44.3 Å². The molecule has 688 valence electrons. The molecule has 4 N–H and O–H groups in total. The van der Waals surface area contributed by atoms with Crippen LogP contribution in [0.25, 0.3) is 215 Å². The fourth-order valence-corrected chi connectivity index (χ4v) is 23.5. The first kappa shape index (κ1) is 85.0. The summed E-state index contributed by atoms with van der Waals surface area (Å²) in [4.78, 5) is 9.00. The maximum atomic E-state index is 3.76. The van der Waals surface area contributed by atoms with Gasteiger partial charge in [0.05, 0.1) is 22.8 Å². The molecule has 8 heterocycles. The van der Waals surface area contributed by atoms with Crippen molar-refractivity contribution in [3.05, 3.63) is 574 Å². The molecule has 0 saturated carbocycles. The van der Waals surface area contributed by atoms with Crippen molar-refractivity contribution in [2.75, 3.05) is 0 Å². The molecule has 8 aliphatic heterocycles. The molecule has 0 fully saturated rings. The molecular formula is C138H96N8. The average Bonchev–Trinajstić information content (AvgIpc) is 1.11. The zero-order valence-corrected chi connectivity index (χ0v) is 79.9. The number of nitrogens with one attached hydrogen (secondary N) is 4. The lowest BCUT2D eigenvalue weighted by atomic mass is 9.84. The van der Waals surface area contributed by atoms with Crippen LogP contribution in [0, 0.1) is 0 Å². The molecule has 29 rings (SSSR count). The van der Waals surface area contributed by atoms with Crippen molar-refractivity contribution in [1.29, 1.82) is 0 Å². The van der Waals surface area contributed by atoms with Crippen LogP contribution in [0.3, 0.4) is 0 Å². The molecular weight excluding hydrogens is 1770 g/mol. The standard InChI is InChI=1S/C72H50N4.C66H46N4/c1-3-15-47(16-4-1)55-39-41-67-73-65(45-75(67)43-55)49-27-31-51(32-28-49)69-57-19-7-11-23-61(57)71(62-24-12-8-20-58(62)69)53-35-37-54(38-36-53)72-63-25-13-9-21-59(63)70(60-22-10-14-26-64(60)72)52-33-29-50(30-34-52)66-46-76-44-56(40-42-68(76)74-66)48-17-5-2-6-18-48;1-2-14-43(15-3-1)50-37-39-70-42-60(68-62(70)40-50)45-27-31-47(32-28-45)64-53-18-6-10-22-57(53)66(58-23-11-7-19-54(58)64)49-35-33-48(34-36-49)65-55-20-8-4-16-51(55)63(52-17-5-9-21-56(52)65)46-29-25-44(26-30-46)59-41-69-38-13-12-24-61(69)67-59/h1-46,67-68,73-74H;1-42,61-62,67-68H. The number of hydrogen-bond acceptors (Lipinski definition) is 8. The Morgan fingerprint density at radius 2 is 0.342 bits per heavy atom. The number of fused-ring (bicyclic) bond motifs is 12. The predicted molar refractivity (Wildman–Crippen MR) is 612 cm³/mol. The topological polar surface area (TPSA) is 61.1 Å². The van der Waals surface area contributed by atoms with Crippen molar-refractivity contribution in [3.8, 4) is 89.0 Å². The first-order valence-corrected chi connectivity index (χ1v) is 50.5. The molecule has 0 radical (unpaired) electrons. The minimum atomic E-state index is 0.0790. The normalized spacial score (nSPS) is 16.7. The van der Waals surface area contributed by atoms with Crippen molar-refractivity contribution in [3.63, 3.8) is 0 Å². The van der Waals surface area contributed by atoms with Gasteiger partial charge in [-0.15, -0.1) is 0 Å². The number of hydrogen-bond donors (Lipinski definition) is 4. The molecule has 0 bridgehead atoms. The van der Waals surface area contributed by atoms with E-state index in [2.05, 4.69) is 576 Å². The first-order valence-electron chi connectivity index (χ1n) is 50.5. The second-order valence-electron chi connectivity index (χ2n) is 38.8. The summed E-state index contributed by atoms with van der Waals surface area (Å²) < 4.78 is 0. The van der Waals surface area contributed by atoms with Gasteiger partial charge in [0.15, 0.2) is 0 Å². The van der Waals surface area contributed by atoms with Gasteiger partial charge in [0.1, 0.15) is 24.7 Å². The van der Waals surface area contributed by atoms with E-state index >= 15 is 0 Å². The summed E-state index contributed by atoms with van der Waals surface area (Å²) in [7, 11) is 0. The summed E-state index contributed by atoms with van der Waals surface area (Å²) in [6.07, 6.45) is 37.8. The molecule has 0 amide bonds. The van der Waals surface area contributed by atoms with E-state index < -0.39 is 0 Å². The van der Waals surface area contributed by atoms with Gasteiger partial charge in [0, 0.05) is 49.6 Å². The summed E-state index contributed by atoms with van der Waals surface area (Å²) in [6, 6.07) is 158. The van der Waals surface area contributed by atoms with Gasteiger partial charge in [-0.3, -0.25) is 0 Å². The van der Waals surface area contributed by atoms with Gasteiger partial charge in [-0.1, -0.05) is 449 Å². The smallest absolute Gasteiger partial charge is 0.123 e. The monoisotopic (exact) mass is 1860 g/mol. The van der Waals surface area contributed by atoms with E-state index in [9.17, 15) is 0 Å². The van der Waals surface area contributed by atoms with Crippen LogP contribution >= 0.6 is 0 Å². The quantitative estimate of drug-likeness (QED) is 0.0758. The van der Waals surface area contributed by atoms with Crippen LogP contribution in [0.2, 0.25) is 0 Å². The molecule has 21 aromatic rings. The van der Waals surface area contributed by atoms with E-state index in [4.69, 9.17) is 0 Å². The number of allylic oxidation sites excluding steroid dienone is 8. The third-order valence-electron chi connectivity index (χ3n) is 30.4. The lowest BCUT2D eigenvalue weighted by molar-refractivity contribution is 0.427. The minimum Gasteiger partial charge on any atom is -0.360 e. The molecule has 8 heteroatoms. The molecule has 8 nitrogen and oxygen atoms in total. The Hall–Kier alpha value is -19.0. The lowest BCUT2D eigenvalue weighted by Gasteiger charge is -2.24. The third kappa shape index (κ3) is 14.9. The van der Waals surface area contributed by atoms with Gasteiger partial charge in [-0.2, -0.15) is 0 Å².